The van der Waals surface area contributed by atoms with Crippen LogP contribution in [0, 0.1) is 0 Å². The number of methoxy groups -OCH3 is 1. The zero-order valence-corrected chi connectivity index (χ0v) is 20.0. The van der Waals surface area contributed by atoms with Crippen LogP contribution in [0.4, 0.5) is 0 Å². The van der Waals surface area contributed by atoms with Crippen molar-refractivity contribution in [1.82, 2.24) is 10.3 Å². The van der Waals surface area contributed by atoms with Gasteiger partial charge in [0.1, 0.15) is 5.76 Å². The fraction of sp³-hybridized carbons (Fsp3) is 0.300. The van der Waals surface area contributed by atoms with Crippen LogP contribution >= 0.6 is 0 Å². The summed E-state index contributed by atoms with van der Waals surface area (Å²) < 4.78 is 5.77. The van der Waals surface area contributed by atoms with Gasteiger partial charge in [0.15, 0.2) is 0 Å². The summed E-state index contributed by atoms with van der Waals surface area (Å²) in [4.78, 5) is 5.24. The molecule has 1 unspecified atom stereocenters. The number of rotatable bonds is 8. The fourth-order valence-electron chi connectivity index (χ4n) is 4.86. The molecule has 2 aliphatic rings. The number of hydrogen-bond acceptors (Lipinski definition) is 3. The summed E-state index contributed by atoms with van der Waals surface area (Å²) in [5, 5.41) is 3.40. The molecule has 0 amide bonds. The SMILES string of the molecule is C=CCc1c(C2C=C(OC)C(CC)=CC2)cc(-c2ccccc2)nc1C1=CCCC=C1NC. The van der Waals surface area contributed by atoms with E-state index in [2.05, 4.69) is 79.5 Å². The molecule has 33 heavy (non-hydrogen) atoms. The number of ether oxygens (including phenoxy) is 1. The lowest BCUT2D eigenvalue weighted by atomic mass is 9.82. The van der Waals surface area contributed by atoms with Gasteiger partial charge in [-0.15, -0.1) is 6.58 Å². The predicted octanol–water partition coefficient (Wildman–Crippen LogP) is 7.11. The van der Waals surface area contributed by atoms with Crippen LogP contribution in [0.3, 0.4) is 0 Å². The van der Waals surface area contributed by atoms with Gasteiger partial charge >= 0.3 is 0 Å². The summed E-state index contributed by atoms with van der Waals surface area (Å²) >= 11 is 0. The van der Waals surface area contributed by atoms with Gasteiger partial charge in [-0.05, 0) is 60.9 Å². The maximum absolute atomic E-state index is 5.77. The molecule has 2 aromatic rings. The lowest BCUT2D eigenvalue weighted by Gasteiger charge is -2.26. The van der Waals surface area contributed by atoms with Crippen LogP contribution in [0.15, 0.2) is 90.4 Å². The largest absolute Gasteiger partial charge is 0.497 e. The van der Waals surface area contributed by atoms with Gasteiger partial charge in [-0.1, -0.05) is 61.6 Å². The van der Waals surface area contributed by atoms with Gasteiger partial charge in [-0.25, -0.2) is 4.98 Å². The molecule has 0 bridgehead atoms. The lowest BCUT2D eigenvalue weighted by molar-refractivity contribution is 0.293. The maximum Gasteiger partial charge on any atom is 0.118 e. The summed E-state index contributed by atoms with van der Waals surface area (Å²) in [7, 11) is 3.76. The van der Waals surface area contributed by atoms with E-state index < -0.39 is 0 Å². The number of benzene rings is 1. The molecule has 1 aromatic carbocycles. The monoisotopic (exact) mass is 438 g/mol. The van der Waals surface area contributed by atoms with Crippen molar-refractivity contribution in [2.45, 2.75) is 44.9 Å². The smallest absolute Gasteiger partial charge is 0.118 e. The van der Waals surface area contributed by atoms with Gasteiger partial charge < -0.3 is 10.1 Å². The van der Waals surface area contributed by atoms with Crippen molar-refractivity contribution in [3.8, 4) is 11.3 Å². The molecule has 2 aliphatic carbocycles. The fourth-order valence-corrected chi connectivity index (χ4v) is 4.86. The number of likely N-dealkylation sites (N-methyl/N-ethyl adjacent to an activating group) is 1. The van der Waals surface area contributed by atoms with Crippen molar-refractivity contribution in [1.29, 1.82) is 0 Å². The zero-order chi connectivity index (χ0) is 23.2. The highest BCUT2D eigenvalue weighted by Gasteiger charge is 2.25. The Balaban J connectivity index is 1.94. The summed E-state index contributed by atoms with van der Waals surface area (Å²) in [5.41, 5.74) is 9.39. The number of aromatic nitrogens is 1. The quantitative estimate of drug-likeness (QED) is 0.446. The molecular weight excluding hydrogens is 404 g/mol. The van der Waals surface area contributed by atoms with Crippen LogP contribution < -0.4 is 5.32 Å². The van der Waals surface area contributed by atoms with Crippen LogP contribution in [0.5, 0.6) is 0 Å². The van der Waals surface area contributed by atoms with Crippen molar-refractivity contribution < 1.29 is 4.74 Å². The maximum atomic E-state index is 5.77. The van der Waals surface area contributed by atoms with E-state index in [4.69, 9.17) is 9.72 Å². The molecule has 1 heterocycles. The van der Waals surface area contributed by atoms with Crippen molar-refractivity contribution in [2.75, 3.05) is 14.2 Å². The molecule has 4 rings (SSSR count). The standard InChI is InChI=1S/C30H34N2O/c1-5-12-24-26(23-18-17-21(6-2)29(19-23)33-4)20-28(22-13-8-7-9-14-22)32-30(24)25-15-10-11-16-27(25)31-3/h5,7-9,13-17,19-20,23,31H,1,6,10-12,18H2,2-4H3. The van der Waals surface area contributed by atoms with E-state index in [1.54, 1.807) is 7.11 Å². The third-order valence-corrected chi connectivity index (χ3v) is 6.54. The highest BCUT2D eigenvalue weighted by atomic mass is 16.5. The van der Waals surface area contributed by atoms with E-state index in [1.165, 1.54) is 22.3 Å². The van der Waals surface area contributed by atoms with E-state index in [0.29, 0.717) is 0 Å². The molecule has 1 atom stereocenters. The highest BCUT2D eigenvalue weighted by molar-refractivity contribution is 5.81. The third-order valence-electron chi connectivity index (χ3n) is 6.54. The molecular formula is C30H34N2O. The van der Waals surface area contributed by atoms with Gasteiger partial charge in [0.05, 0.1) is 18.5 Å². The minimum Gasteiger partial charge on any atom is -0.497 e. The number of allylic oxidation sites excluding steroid dienone is 7. The van der Waals surface area contributed by atoms with Gasteiger partial charge in [0, 0.05) is 29.8 Å². The van der Waals surface area contributed by atoms with Gasteiger partial charge in [0.2, 0.25) is 0 Å². The number of nitrogens with one attached hydrogen (secondary N) is 1. The van der Waals surface area contributed by atoms with E-state index in [9.17, 15) is 0 Å². The van der Waals surface area contributed by atoms with Gasteiger partial charge in [-0.2, -0.15) is 0 Å². The van der Waals surface area contributed by atoms with Crippen LogP contribution in [0.2, 0.25) is 0 Å². The van der Waals surface area contributed by atoms with Crippen molar-refractivity contribution in [2.24, 2.45) is 0 Å². The van der Waals surface area contributed by atoms with E-state index in [1.807, 2.05) is 13.1 Å². The van der Waals surface area contributed by atoms with Crippen molar-refractivity contribution in [3.63, 3.8) is 0 Å². The zero-order valence-electron chi connectivity index (χ0n) is 20.0. The second-order valence-corrected chi connectivity index (χ2v) is 8.51. The molecule has 170 valence electrons. The molecule has 0 fully saturated rings. The summed E-state index contributed by atoms with van der Waals surface area (Å²) in [6.07, 6.45) is 16.0. The van der Waals surface area contributed by atoms with Crippen LogP contribution in [-0.2, 0) is 11.2 Å². The molecule has 0 spiro atoms. The van der Waals surface area contributed by atoms with Crippen molar-refractivity contribution in [3.05, 3.63) is 107 Å². The Morgan fingerprint density at radius 2 is 1.94 bits per heavy atom. The first-order valence-corrected chi connectivity index (χ1v) is 11.9. The van der Waals surface area contributed by atoms with Crippen LogP contribution in [0.1, 0.15) is 55.3 Å². The molecule has 0 saturated heterocycles. The van der Waals surface area contributed by atoms with E-state index in [-0.39, 0.29) is 5.92 Å². The van der Waals surface area contributed by atoms with Crippen molar-refractivity contribution >= 4 is 5.57 Å². The first-order chi connectivity index (χ1) is 16.2. The number of pyridine rings is 1. The molecule has 0 aliphatic heterocycles. The number of nitrogens with zero attached hydrogens (tertiary/aromatic N) is 1. The summed E-state index contributed by atoms with van der Waals surface area (Å²) in [6, 6.07) is 12.8. The average Bonchev–Trinajstić information content (AvgIpc) is 2.89. The Morgan fingerprint density at radius 3 is 2.64 bits per heavy atom. The number of hydrogen-bond donors (Lipinski definition) is 1. The molecule has 3 nitrogen and oxygen atoms in total. The summed E-state index contributed by atoms with van der Waals surface area (Å²) in [6.45, 7) is 6.26. The van der Waals surface area contributed by atoms with E-state index >= 15 is 0 Å². The Labute approximate surface area is 198 Å². The minimum absolute atomic E-state index is 0.237. The second-order valence-electron chi connectivity index (χ2n) is 8.51. The second kappa shape index (κ2) is 10.5. The van der Waals surface area contributed by atoms with E-state index in [0.717, 1.165) is 60.5 Å². The average molecular weight is 439 g/mol. The van der Waals surface area contributed by atoms with Crippen LogP contribution in [-0.4, -0.2) is 19.1 Å². The predicted molar refractivity (Wildman–Crippen MR) is 139 cm³/mol. The van der Waals surface area contributed by atoms with Crippen LogP contribution in [0.25, 0.3) is 16.8 Å². The Bertz CT molecular complexity index is 1140. The molecule has 1 N–H and O–H groups in total. The van der Waals surface area contributed by atoms with Gasteiger partial charge in [0.25, 0.3) is 0 Å². The molecule has 1 aromatic heterocycles. The Morgan fingerprint density at radius 1 is 1.15 bits per heavy atom. The van der Waals surface area contributed by atoms with Gasteiger partial charge in [-0.3, -0.25) is 0 Å². The molecule has 3 heteroatoms. The lowest BCUT2D eigenvalue weighted by Crippen LogP contribution is -2.15. The highest BCUT2D eigenvalue weighted by Crippen LogP contribution is 2.39. The minimum atomic E-state index is 0.237. The first-order valence-electron chi connectivity index (χ1n) is 11.9. The summed E-state index contributed by atoms with van der Waals surface area (Å²) in [5.74, 6) is 1.23. The first kappa shape index (κ1) is 22.8. The molecule has 0 radical (unpaired) electrons. The third kappa shape index (κ3) is 4.73. The Hall–Kier alpha value is -3.33. The normalized spacial score (nSPS) is 18.0. The Kier molecular flexibility index (Phi) is 7.29. The topological polar surface area (TPSA) is 34.1 Å². The molecule has 0 saturated carbocycles.